The summed E-state index contributed by atoms with van der Waals surface area (Å²) in [7, 11) is 1.63. The normalized spacial score (nSPS) is 12.2. The Bertz CT molecular complexity index is 395. The maximum absolute atomic E-state index is 13.6. The lowest BCUT2D eigenvalue weighted by atomic mass is 10.1. The summed E-state index contributed by atoms with van der Waals surface area (Å²) in [6.45, 7) is 5.29. The first-order valence-electron chi connectivity index (χ1n) is 6.15. The van der Waals surface area contributed by atoms with E-state index in [9.17, 15) is 9.18 Å². The Morgan fingerprint density at radius 2 is 2.22 bits per heavy atom. The van der Waals surface area contributed by atoms with Crippen LogP contribution >= 0.6 is 0 Å². The quantitative estimate of drug-likeness (QED) is 0.700. The molecule has 18 heavy (non-hydrogen) atoms. The highest BCUT2D eigenvalue weighted by Crippen LogP contribution is 2.24. The average Bonchev–Trinajstić information content (AvgIpc) is 2.39. The Balaban J connectivity index is 3.11. The van der Waals surface area contributed by atoms with Crippen molar-refractivity contribution in [1.82, 2.24) is 0 Å². The highest BCUT2D eigenvalue weighted by molar-refractivity contribution is 5.85. The molecule has 0 fully saturated rings. The van der Waals surface area contributed by atoms with Crippen molar-refractivity contribution in [2.24, 2.45) is 0 Å². The summed E-state index contributed by atoms with van der Waals surface area (Å²) >= 11 is 0. The maximum Gasteiger partial charge on any atom is 0.155 e. The zero-order valence-corrected chi connectivity index (χ0v) is 11.1. The molecule has 0 aliphatic carbocycles. The predicted molar refractivity (Wildman–Crippen MR) is 70.8 cm³/mol. The molecule has 1 aromatic carbocycles. The smallest absolute Gasteiger partial charge is 0.155 e. The van der Waals surface area contributed by atoms with E-state index in [2.05, 4.69) is 13.8 Å². The molecule has 1 rings (SSSR count). The molecule has 1 unspecified atom stereocenters. The first-order valence-corrected chi connectivity index (χ1v) is 6.15. The summed E-state index contributed by atoms with van der Waals surface area (Å²) in [6, 6.07) is 4.92. The molecule has 1 aromatic rings. The fraction of sp³-hybridized carbons (Fsp3) is 0.500. The number of aldehydes is 1. The molecule has 0 heterocycles. The summed E-state index contributed by atoms with van der Waals surface area (Å²) in [5, 5.41) is 0. The van der Waals surface area contributed by atoms with Gasteiger partial charge in [0.2, 0.25) is 0 Å². The molecular formula is C14H20FNO2. The van der Waals surface area contributed by atoms with Gasteiger partial charge in [-0.2, -0.15) is 0 Å². The van der Waals surface area contributed by atoms with Crippen LogP contribution in [0.25, 0.3) is 0 Å². The number of hydrogen-bond acceptors (Lipinski definition) is 3. The van der Waals surface area contributed by atoms with Gasteiger partial charge in [-0.25, -0.2) is 4.39 Å². The van der Waals surface area contributed by atoms with Gasteiger partial charge in [-0.05, 0) is 25.5 Å². The topological polar surface area (TPSA) is 29.5 Å². The van der Waals surface area contributed by atoms with Crippen molar-refractivity contribution in [1.29, 1.82) is 0 Å². The molecule has 0 aliphatic heterocycles. The van der Waals surface area contributed by atoms with Gasteiger partial charge in [0.25, 0.3) is 0 Å². The lowest BCUT2D eigenvalue weighted by molar-refractivity contribution is 0.112. The Labute approximate surface area is 108 Å². The minimum atomic E-state index is -0.479. The maximum atomic E-state index is 13.6. The van der Waals surface area contributed by atoms with Crippen LogP contribution in [0.5, 0.6) is 0 Å². The van der Waals surface area contributed by atoms with Crippen LogP contribution in [0.1, 0.15) is 30.6 Å². The van der Waals surface area contributed by atoms with E-state index in [1.807, 2.05) is 4.90 Å². The average molecular weight is 253 g/mol. The highest BCUT2D eigenvalue weighted by Gasteiger charge is 2.18. The van der Waals surface area contributed by atoms with Crippen LogP contribution in [-0.2, 0) is 4.74 Å². The van der Waals surface area contributed by atoms with E-state index in [1.165, 1.54) is 6.07 Å². The van der Waals surface area contributed by atoms with Gasteiger partial charge in [-0.3, -0.25) is 4.79 Å². The van der Waals surface area contributed by atoms with Gasteiger partial charge in [-0.1, -0.05) is 13.0 Å². The van der Waals surface area contributed by atoms with Crippen molar-refractivity contribution in [2.45, 2.75) is 26.3 Å². The zero-order valence-electron chi connectivity index (χ0n) is 11.1. The molecule has 0 bridgehead atoms. The molecule has 0 radical (unpaired) electrons. The molecule has 0 saturated carbocycles. The number of nitrogens with zero attached hydrogens (tertiary/aromatic N) is 1. The van der Waals surface area contributed by atoms with E-state index in [-0.39, 0.29) is 11.6 Å². The first kappa shape index (κ1) is 14.6. The minimum Gasteiger partial charge on any atom is -0.383 e. The molecule has 0 saturated heterocycles. The van der Waals surface area contributed by atoms with Gasteiger partial charge >= 0.3 is 0 Å². The van der Waals surface area contributed by atoms with E-state index < -0.39 is 5.82 Å². The third-order valence-electron chi connectivity index (χ3n) is 3.12. The zero-order chi connectivity index (χ0) is 13.5. The molecule has 3 nitrogen and oxygen atoms in total. The number of halogens is 1. The van der Waals surface area contributed by atoms with E-state index >= 15 is 0 Å². The van der Waals surface area contributed by atoms with Crippen molar-refractivity contribution in [2.75, 3.05) is 25.2 Å². The minimum absolute atomic E-state index is 0.119. The SMILES string of the molecule is CCC(C)N(CCOC)c1cccc(F)c1C=O. The van der Waals surface area contributed by atoms with E-state index in [1.54, 1.807) is 19.2 Å². The van der Waals surface area contributed by atoms with E-state index in [0.29, 0.717) is 25.1 Å². The second kappa shape index (κ2) is 7.11. The molecule has 100 valence electrons. The largest absolute Gasteiger partial charge is 0.383 e. The molecule has 1 atom stereocenters. The fourth-order valence-electron chi connectivity index (χ4n) is 1.88. The van der Waals surface area contributed by atoms with Gasteiger partial charge in [0, 0.05) is 19.7 Å². The number of methoxy groups -OCH3 is 1. The van der Waals surface area contributed by atoms with Crippen molar-refractivity contribution < 1.29 is 13.9 Å². The van der Waals surface area contributed by atoms with Crippen LogP contribution in [0.15, 0.2) is 18.2 Å². The van der Waals surface area contributed by atoms with Crippen LogP contribution in [0.2, 0.25) is 0 Å². The number of carbonyl (C=O) groups is 1. The number of hydrogen-bond donors (Lipinski definition) is 0. The van der Waals surface area contributed by atoms with Crippen LogP contribution in [-0.4, -0.2) is 32.6 Å². The molecule has 0 aromatic heterocycles. The first-order chi connectivity index (χ1) is 8.65. The molecule has 4 heteroatoms. The summed E-state index contributed by atoms with van der Waals surface area (Å²) < 4.78 is 18.7. The lowest BCUT2D eigenvalue weighted by Gasteiger charge is -2.31. The van der Waals surface area contributed by atoms with Gasteiger partial charge in [0.1, 0.15) is 5.82 Å². The Morgan fingerprint density at radius 3 is 2.78 bits per heavy atom. The Hall–Kier alpha value is -1.42. The molecule has 0 amide bonds. The van der Waals surface area contributed by atoms with E-state index in [0.717, 1.165) is 6.42 Å². The van der Waals surface area contributed by atoms with Gasteiger partial charge in [-0.15, -0.1) is 0 Å². The summed E-state index contributed by atoms with van der Waals surface area (Å²) in [6.07, 6.45) is 1.49. The van der Waals surface area contributed by atoms with Crippen LogP contribution in [0.3, 0.4) is 0 Å². The second-order valence-electron chi connectivity index (χ2n) is 4.23. The third kappa shape index (κ3) is 3.29. The van der Waals surface area contributed by atoms with Crippen LogP contribution in [0.4, 0.5) is 10.1 Å². The highest BCUT2D eigenvalue weighted by atomic mass is 19.1. The number of rotatable bonds is 7. The van der Waals surface area contributed by atoms with Crippen LogP contribution < -0.4 is 4.90 Å². The number of anilines is 1. The summed E-state index contributed by atoms with van der Waals surface area (Å²) in [5.74, 6) is -0.479. The van der Waals surface area contributed by atoms with Gasteiger partial charge in [0.15, 0.2) is 6.29 Å². The van der Waals surface area contributed by atoms with Crippen molar-refractivity contribution in [3.05, 3.63) is 29.6 Å². The molecule has 0 N–H and O–H groups in total. The number of ether oxygens (including phenoxy) is 1. The predicted octanol–water partition coefficient (Wildman–Crippen LogP) is 2.89. The van der Waals surface area contributed by atoms with Crippen LogP contribution in [0, 0.1) is 5.82 Å². The molecule has 0 spiro atoms. The molecule has 0 aliphatic rings. The number of benzene rings is 1. The van der Waals surface area contributed by atoms with Gasteiger partial charge < -0.3 is 9.64 Å². The Kier molecular flexibility index (Phi) is 5.78. The monoisotopic (exact) mass is 253 g/mol. The Morgan fingerprint density at radius 1 is 1.50 bits per heavy atom. The second-order valence-corrected chi connectivity index (χ2v) is 4.23. The lowest BCUT2D eigenvalue weighted by Crippen LogP contribution is -2.36. The third-order valence-corrected chi connectivity index (χ3v) is 3.12. The van der Waals surface area contributed by atoms with Gasteiger partial charge in [0.05, 0.1) is 17.9 Å². The fourth-order valence-corrected chi connectivity index (χ4v) is 1.88. The standard InChI is InChI=1S/C14H20FNO2/c1-4-11(2)16(8-9-18-3)14-7-5-6-13(15)12(14)10-17/h5-7,10-11H,4,8-9H2,1-3H3. The van der Waals surface area contributed by atoms with Crippen molar-refractivity contribution in [3.63, 3.8) is 0 Å². The van der Waals surface area contributed by atoms with Crippen molar-refractivity contribution >= 4 is 12.0 Å². The summed E-state index contributed by atoms with van der Waals surface area (Å²) in [5.41, 5.74) is 0.755. The molecular weight excluding hydrogens is 233 g/mol. The number of carbonyl (C=O) groups excluding carboxylic acids is 1. The summed E-state index contributed by atoms with van der Waals surface area (Å²) in [4.78, 5) is 13.0. The van der Waals surface area contributed by atoms with E-state index in [4.69, 9.17) is 4.74 Å². The van der Waals surface area contributed by atoms with Crippen molar-refractivity contribution in [3.8, 4) is 0 Å².